The van der Waals surface area contributed by atoms with Gasteiger partial charge in [0.2, 0.25) is 0 Å². The number of ether oxygens (including phenoxy) is 1. The van der Waals surface area contributed by atoms with Crippen molar-refractivity contribution in [1.82, 2.24) is 0 Å². The molecule has 1 aromatic carbocycles. The van der Waals surface area contributed by atoms with Crippen molar-refractivity contribution in [3.63, 3.8) is 0 Å². The fraction of sp³-hybridized carbons (Fsp3) is 0.333. The first-order valence-electron chi connectivity index (χ1n) is 3.86. The predicted octanol–water partition coefficient (Wildman–Crippen LogP) is 2.42. The van der Waals surface area contributed by atoms with E-state index in [4.69, 9.17) is 4.74 Å². The monoisotopic (exact) mass is 182 g/mol. The van der Waals surface area contributed by atoms with Gasteiger partial charge in [0.05, 0.1) is 19.2 Å². The van der Waals surface area contributed by atoms with Crippen molar-refractivity contribution >= 4 is 0 Å². The van der Waals surface area contributed by atoms with Crippen molar-refractivity contribution in [2.75, 3.05) is 14.2 Å². The van der Waals surface area contributed by atoms with E-state index in [0.29, 0.717) is 11.3 Å². The van der Waals surface area contributed by atoms with Gasteiger partial charge in [-0.1, -0.05) is 6.07 Å². The Kier molecular flexibility index (Phi) is 3.37. The van der Waals surface area contributed by atoms with E-state index in [9.17, 15) is 4.39 Å². The zero-order chi connectivity index (χ0) is 9.68. The van der Waals surface area contributed by atoms with E-state index < -0.39 is 0 Å². The lowest BCUT2D eigenvalue weighted by atomic mass is 10.2. The van der Waals surface area contributed by atoms with Gasteiger partial charge >= 0.3 is 0 Å². The van der Waals surface area contributed by atoms with E-state index in [1.165, 1.54) is 13.2 Å². The van der Waals surface area contributed by atoms with Crippen LogP contribution in [0.1, 0.15) is 5.56 Å². The first-order chi connectivity index (χ1) is 6.29. The number of nitrogens with zero attached hydrogens (tertiary/aromatic N) is 2. The zero-order valence-corrected chi connectivity index (χ0v) is 7.62. The van der Waals surface area contributed by atoms with Crippen molar-refractivity contribution in [2.24, 2.45) is 10.2 Å². The lowest BCUT2D eigenvalue weighted by Crippen LogP contribution is -1.94. The van der Waals surface area contributed by atoms with E-state index in [2.05, 4.69) is 10.2 Å². The minimum absolute atomic E-state index is 0.215. The summed E-state index contributed by atoms with van der Waals surface area (Å²) in [4.78, 5) is 0. The van der Waals surface area contributed by atoms with Crippen molar-refractivity contribution in [2.45, 2.75) is 6.54 Å². The summed E-state index contributed by atoms with van der Waals surface area (Å²) >= 11 is 0. The second kappa shape index (κ2) is 4.54. The number of hydrogen-bond acceptors (Lipinski definition) is 3. The van der Waals surface area contributed by atoms with Crippen LogP contribution < -0.4 is 4.74 Å². The Hall–Kier alpha value is -1.45. The normalized spacial score (nSPS) is 10.7. The fourth-order valence-corrected chi connectivity index (χ4v) is 1.02. The highest BCUT2D eigenvalue weighted by Gasteiger charge is 2.07. The summed E-state index contributed by atoms with van der Waals surface area (Å²) in [6.45, 7) is 0.215. The quantitative estimate of drug-likeness (QED) is 0.661. The summed E-state index contributed by atoms with van der Waals surface area (Å²) in [7, 11) is 3.05. The third-order valence-electron chi connectivity index (χ3n) is 1.67. The topological polar surface area (TPSA) is 34.0 Å². The van der Waals surface area contributed by atoms with Gasteiger partial charge < -0.3 is 4.74 Å². The third-order valence-corrected chi connectivity index (χ3v) is 1.67. The van der Waals surface area contributed by atoms with Gasteiger partial charge in [-0.15, -0.1) is 0 Å². The van der Waals surface area contributed by atoms with Crippen LogP contribution in [0.2, 0.25) is 0 Å². The highest BCUT2D eigenvalue weighted by molar-refractivity contribution is 5.34. The molecule has 0 saturated heterocycles. The zero-order valence-electron chi connectivity index (χ0n) is 7.62. The molecule has 0 N–H and O–H groups in total. The number of hydrogen-bond donors (Lipinski definition) is 0. The van der Waals surface area contributed by atoms with E-state index in [1.54, 1.807) is 19.2 Å². The maximum atomic E-state index is 13.2. The second-order valence-corrected chi connectivity index (χ2v) is 2.42. The molecular formula is C9H11FN2O. The van der Waals surface area contributed by atoms with Crippen molar-refractivity contribution < 1.29 is 9.13 Å². The van der Waals surface area contributed by atoms with Crippen LogP contribution in [-0.4, -0.2) is 14.2 Å². The maximum absolute atomic E-state index is 13.2. The Morgan fingerprint density at radius 2 is 2.23 bits per heavy atom. The molecule has 0 aliphatic rings. The van der Waals surface area contributed by atoms with E-state index in [0.717, 1.165) is 0 Å². The maximum Gasteiger partial charge on any atom is 0.132 e. The predicted molar refractivity (Wildman–Crippen MR) is 47.4 cm³/mol. The van der Waals surface area contributed by atoms with Gasteiger partial charge in [-0.2, -0.15) is 10.2 Å². The fourth-order valence-electron chi connectivity index (χ4n) is 1.02. The van der Waals surface area contributed by atoms with Gasteiger partial charge in [-0.3, -0.25) is 0 Å². The summed E-state index contributed by atoms with van der Waals surface area (Å²) < 4.78 is 18.2. The van der Waals surface area contributed by atoms with Crippen molar-refractivity contribution in [3.05, 3.63) is 29.6 Å². The van der Waals surface area contributed by atoms with Crippen LogP contribution in [0.4, 0.5) is 4.39 Å². The van der Waals surface area contributed by atoms with Gasteiger partial charge in [0.15, 0.2) is 0 Å². The van der Waals surface area contributed by atoms with Crippen molar-refractivity contribution in [3.8, 4) is 5.75 Å². The van der Waals surface area contributed by atoms with Gasteiger partial charge in [-0.05, 0) is 12.1 Å². The van der Waals surface area contributed by atoms with E-state index in [1.807, 2.05) is 0 Å². The Morgan fingerprint density at radius 1 is 1.46 bits per heavy atom. The van der Waals surface area contributed by atoms with Crippen LogP contribution in [0.25, 0.3) is 0 Å². The first kappa shape index (κ1) is 9.64. The summed E-state index contributed by atoms with van der Waals surface area (Å²) in [5.41, 5.74) is 0.440. The molecule has 0 aromatic heterocycles. The first-order valence-corrected chi connectivity index (χ1v) is 3.86. The molecule has 0 heterocycles. The number of halogens is 1. The molecule has 0 aliphatic carbocycles. The van der Waals surface area contributed by atoms with Gasteiger partial charge in [0.1, 0.15) is 11.6 Å². The summed E-state index contributed by atoms with van der Waals surface area (Å²) in [6.07, 6.45) is 0. The molecule has 13 heavy (non-hydrogen) atoms. The van der Waals surface area contributed by atoms with Crippen molar-refractivity contribution in [1.29, 1.82) is 0 Å². The van der Waals surface area contributed by atoms with E-state index >= 15 is 0 Å². The minimum atomic E-state index is -0.313. The summed E-state index contributed by atoms with van der Waals surface area (Å²) in [5.74, 6) is 0.194. The second-order valence-electron chi connectivity index (χ2n) is 2.42. The highest BCUT2D eigenvalue weighted by Crippen LogP contribution is 2.21. The molecule has 0 radical (unpaired) electrons. The highest BCUT2D eigenvalue weighted by atomic mass is 19.1. The molecule has 0 spiro atoms. The Bertz CT molecular complexity index is 312. The molecule has 3 nitrogen and oxygen atoms in total. The molecule has 70 valence electrons. The van der Waals surface area contributed by atoms with Crippen LogP contribution in [0.3, 0.4) is 0 Å². The third kappa shape index (κ3) is 2.24. The standard InChI is InChI=1S/C9H11FN2O/c1-11-12-6-7-8(10)4-3-5-9(7)13-2/h3-5H,6H2,1-2H3. The molecule has 0 atom stereocenters. The summed E-state index contributed by atoms with van der Waals surface area (Å²) in [6, 6.07) is 4.67. The molecule has 1 aromatic rings. The van der Waals surface area contributed by atoms with E-state index in [-0.39, 0.29) is 12.4 Å². The number of methoxy groups -OCH3 is 1. The Labute approximate surface area is 76.3 Å². The van der Waals surface area contributed by atoms with Gasteiger partial charge in [0, 0.05) is 7.05 Å². The molecular weight excluding hydrogens is 171 g/mol. The largest absolute Gasteiger partial charge is 0.496 e. The van der Waals surface area contributed by atoms with Crippen LogP contribution in [-0.2, 0) is 6.54 Å². The average molecular weight is 182 g/mol. The van der Waals surface area contributed by atoms with Gasteiger partial charge in [-0.25, -0.2) is 4.39 Å². The van der Waals surface area contributed by atoms with Crippen LogP contribution >= 0.6 is 0 Å². The van der Waals surface area contributed by atoms with Crippen LogP contribution in [0, 0.1) is 5.82 Å². The molecule has 0 amide bonds. The minimum Gasteiger partial charge on any atom is -0.496 e. The molecule has 0 unspecified atom stereocenters. The molecule has 1 rings (SSSR count). The lowest BCUT2D eigenvalue weighted by Gasteiger charge is -2.05. The van der Waals surface area contributed by atoms with Crippen LogP contribution in [0.5, 0.6) is 5.75 Å². The SMILES string of the molecule is CN=NCc1c(F)cccc1OC. The number of rotatable bonds is 3. The Balaban J connectivity index is 3.00. The summed E-state index contributed by atoms with van der Waals surface area (Å²) in [5, 5.41) is 7.27. The molecule has 0 bridgehead atoms. The van der Waals surface area contributed by atoms with Crippen LogP contribution in [0.15, 0.2) is 28.4 Å². The number of azo groups is 1. The average Bonchev–Trinajstić information content (AvgIpc) is 2.15. The molecule has 0 fully saturated rings. The number of benzene rings is 1. The molecule has 0 saturated carbocycles. The molecule has 0 aliphatic heterocycles. The van der Waals surface area contributed by atoms with Gasteiger partial charge in [0.25, 0.3) is 0 Å². The lowest BCUT2D eigenvalue weighted by molar-refractivity contribution is 0.404. The molecule has 4 heteroatoms. The Morgan fingerprint density at radius 3 is 2.85 bits per heavy atom. The smallest absolute Gasteiger partial charge is 0.132 e.